The van der Waals surface area contributed by atoms with E-state index < -0.39 is 19.0 Å². The lowest BCUT2D eigenvalue weighted by Crippen LogP contribution is -2.08. The summed E-state index contributed by atoms with van der Waals surface area (Å²) in [6.07, 6.45) is 13.8. The highest BCUT2D eigenvalue weighted by Gasteiger charge is 2.20. The zero-order valence-corrected chi connectivity index (χ0v) is 26.2. The molecule has 0 aliphatic carbocycles. The van der Waals surface area contributed by atoms with Gasteiger partial charge in [-0.05, 0) is 75.8 Å². The number of hydrogen-bond acceptors (Lipinski definition) is 5. The maximum Gasteiger partial charge on any atom is 0.206 e. The highest BCUT2D eigenvalue weighted by atomic mass is 32.2. The Kier molecular flexibility index (Phi) is 15.1. The number of sulfone groups is 1. The van der Waals surface area contributed by atoms with E-state index in [0.29, 0.717) is 24.5 Å². The van der Waals surface area contributed by atoms with Crippen LogP contribution in [0.3, 0.4) is 0 Å². The average molecular weight is 581 g/mol. The van der Waals surface area contributed by atoms with Gasteiger partial charge in [0.2, 0.25) is 9.84 Å². The molecule has 1 aromatic carbocycles. The lowest BCUT2D eigenvalue weighted by atomic mass is 10.0. The van der Waals surface area contributed by atoms with Gasteiger partial charge >= 0.3 is 0 Å². The number of benzene rings is 1. The molecule has 0 aliphatic heterocycles. The third-order valence-electron chi connectivity index (χ3n) is 6.46. The van der Waals surface area contributed by atoms with Crippen LogP contribution in [0.4, 0.5) is 0 Å². The fraction of sp³-hybridized carbons (Fsp3) is 0.333. The normalized spacial score (nSPS) is 15.0. The van der Waals surface area contributed by atoms with Crippen molar-refractivity contribution in [1.82, 2.24) is 0 Å². The van der Waals surface area contributed by atoms with Crippen LogP contribution >= 0.6 is 9.21 Å². The standard InChI is InChI=1S/C33H44N2O3S2/c1-10-28(22-23-34-13-4)24-33(38-9)27(8)35-26-29(11-2)20-21-30(12-3)40(36,37)32-19-17-18-31(25-32)39(14-5,15-6)16-7/h11-13,17-19,21-25,28-29H,2-3,5-6,10,16,20,26H2,1,4,7-9H3/b23-22-,30-21?,33-24-,34-13?,35-27?. The zero-order chi connectivity index (χ0) is 30.2. The molecule has 5 nitrogen and oxygen atoms in total. The fourth-order valence-corrected chi connectivity index (χ4v) is 7.05. The first kappa shape index (κ1) is 34.7. The Bertz CT molecular complexity index is 1450. The van der Waals surface area contributed by atoms with Crippen LogP contribution in [0.25, 0.3) is 0 Å². The average Bonchev–Trinajstić information content (AvgIpc) is 2.97. The van der Waals surface area contributed by atoms with E-state index in [1.807, 2.05) is 39.0 Å². The Labute approximate surface area is 242 Å². The van der Waals surface area contributed by atoms with Crippen LogP contribution in [0, 0.1) is 11.8 Å². The largest absolute Gasteiger partial charge is 0.495 e. The van der Waals surface area contributed by atoms with Crippen LogP contribution in [0.15, 0.2) is 118 Å². The number of methoxy groups -OCH3 is 1. The van der Waals surface area contributed by atoms with Crippen molar-refractivity contribution in [2.75, 3.05) is 19.4 Å². The summed E-state index contributed by atoms with van der Waals surface area (Å²) >= 11 is 0. The molecule has 0 saturated carbocycles. The second-order valence-electron chi connectivity index (χ2n) is 8.82. The van der Waals surface area contributed by atoms with Crippen LogP contribution in [-0.2, 0) is 14.6 Å². The molecule has 0 bridgehead atoms. The van der Waals surface area contributed by atoms with E-state index in [0.717, 1.165) is 17.0 Å². The summed E-state index contributed by atoms with van der Waals surface area (Å²) in [6.45, 7) is 23.7. The second kappa shape index (κ2) is 17.4. The van der Waals surface area contributed by atoms with E-state index in [2.05, 4.69) is 48.3 Å². The van der Waals surface area contributed by atoms with E-state index in [-0.39, 0.29) is 21.6 Å². The Hall–Kier alpha value is -3.34. The number of ether oxygens (including phenoxy) is 1. The van der Waals surface area contributed by atoms with E-state index in [9.17, 15) is 8.42 Å². The Morgan fingerprint density at radius 2 is 1.82 bits per heavy atom. The van der Waals surface area contributed by atoms with Crippen molar-refractivity contribution in [2.45, 2.75) is 50.3 Å². The summed E-state index contributed by atoms with van der Waals surface area (Å²) < 4.78 is 32.7. The van der Waals surface area contributed by atoms with Gasteiger partial charge in [-0.1, -0.05) is 60.8 Å². The Balaban J connectivity index is 3.24. The molecule has 0 amide bonds. The van der Waals surface area contributed by atoms with Crippen molar-refractivity contribution in [3.8, 4) is 0 Å². The molecule has 0 spiro atoms. The molecular weight excluding hydrogens is 537 g/mol. The summed E-state index contributed by atoms with van der Waals surface area (Å²) in [5.41, 5.74) is 0.762. The van der Waals surface area contributed by atoms with E-state index in [4.69, 9.17) is 9.73 Å². The summed E-state index contributed by atoms with van der Waals surface area (Å²) in [4.78, 5) is 9.98. The van der Waals surface area contributed by atoms with Crippen LogP contribution in [0.2, 0.25) is 0 Å². The van der Waals surface area contributed by atoms with Crippen LogP contribution in [-0.4, -0.2) is 49.8 Å². The minimum Gasteiger partial charge on any atom is -0.495 e. The SMILES string of the molecule is C=C=S(=C=C)(CC)c1cccc(S(=O)(=O)C(C=C)=CCC(C=C)CN=C(C)/C(=C/C(/C=C\N=CC)CC)OC)c1. The predicted octanol–water partition coefficient (Wildman–Crippen LogP) is 7.70. The van der Waals surface area contributed by atoms with Crippen LogP contribution in [0.5, 0.6) is 0 Å². The van der Waals surface area contributed by atoms with Gasteiger partial charge < -0.3 is 4.74 Å². The van der Waals surface area contributed by atoms with Crippen LogP contribution in [0.1, 0.15) is 40.5 Å². The van der Waals surface area contributed by atoms with Gasteiger partial charge in [0, 0.05) is 29.8 Å². The molecular formula is C33H44N2O3S2. The third-order valence-corrected chi connectivity index (χ3v) is 11.2. The number of nitrogens with zero attached hydrogens (tertiary/aromatic N) is 2. The van der Waals surface area contributed by atoms with Crippen molar-refractivity contribution in [2.24, 2.45) is 21.8 Å². The summed E-state index contributed by atoms with van der Waals surface area (Å²) in [6, 6.07) is 6.87. The molecule has 1 aromatic rings. The van der Waals surface area contributed by atoms with Gasteiger partial charge in [0.15, 0.2) is 0 Å². The first-order chi connectivity index (χ1) is 19.1. The minimum atomic E-state index is -3.79. The molecule has 0 radical (unpaired) electrons. The van der Waals surface area contributed by atoms with E-state index in [1.165, 1.54) is 6.08 Å². The third kappa shape index (κ3) is 9.39. The lowest BCUT2D eigenvalue weighted by Gasteiger charge is -2.14. The quantitative estimate of drug-likeness (QED) is 0.0661. The van der Waals surface area contributed by atoms with Crippen molar-refractivity contribution in [3.63, 3.8) is 0 Å². The first-order valence-electron chi connectivity index (χ1n) is 13.2. The summed E-state index contributed by atoms with van der Waals surface area (Å²) in [5.74, 6) is 1.48. The molecule has 0 aromatic heterocycles. The van der Waals surface area contributed by atoms with Crippen molar-refractivity contribution in [3.05, 3.63) is 97.8 Å². The molecule has 216 valence electrons. The summed E-state index contributed by atoms with van der Waals surface area (Å²) in [5, 5.41) is 6.09. The number of hydrogen-bond donors (Lipinski definition) is 0. The molecule has 0 heterocycles. The van der Waals surface area contributed by atoms with Gasteiger partial charge in [-0.3, -0.25) is 9.98 Å². The smallest absolute Gasteiger partial charge is 0.206 e. The number of rotatable bonds is 16. The first-order valence-corrected chi connectivity index (χ1v) is 16.5. The molecule has 0 fully saturated rings. The van der Waals surface area contributed by atoms with Crippen molar-refractivity contribution >= 4 is 41.0 Å². The van der Waals surface area contributed by atoms with Crippen LogP contribution < -0.4 is 0 Å². The molecule has 0 saturated heterocycles. The van der Waals surface area contributed by atoms with E-state index in [1.54, 1.807) is 49.9 Å². The molecule has 1 rings (SSSR count). The topological polar surface area (TPSA) is 68.1 Å². The van der Waals surface area contributed by atoms with Gasteiger partial charge in [0.05, 0.1) is 22.6 Å². The lowest BCUT2D eigenvalue weighted by molar-refractivity contribution is 0.311. The van der Waals surface area contributed by atoms with Gasteiger partial charge in [-0.25, -0.2) is 8.42 Å². The molecule has 2 unspecified atom stereocenters. The monoisotopic (exact) mass is 580 g/mol. The zero-order valence-electron chi connectivity index (χ0n) is 24.6. The number of allylic oxidation sites excluding steroid dienone is 5. The molecule has 2 atom stereocenters. The van der Waals surface area contributed by atoms with Gasteiger partial charge in [0.1, 0.15) is 5.76 Å². The molecule has 40 heavy (non-hydrogen) atoms. The summed E-state index contributed by atoms with van der Waals surface area (Å²) in [7, 11) is -3.93. The fourth-order valence-electron chi connectivity index (χ4n) is 3.82. The van der Waals surface area contributed by atoms with Crippen molar-refractivity contribution in [1.29, 1.82) is 0 Å². The molecule has 0 aliphatic rings. The Morgan fingerprint density at radius 3 is 2.35 bits per heavy atom. The predicted molar refractivity (Wildman–Crippen MR) is 178 cm³/mol. The van der Waals surface area contributed by atoms with Crippen molar-refractivity contribution < 1.29 is 13.2 Å². The molecule has 0 N–H and O–H groups in total. The highest BCUT2D eigenvalue weighted by Crippen LogP contribution is 2.35. The maximum absolute atomic E-state index is 13.5. The van der Waals surface area contributed by atoms with Gasteiger partial charge in [-0.2, -0.15) is 0 Å². The Morgan fingerprint density at radius 1 is 1.15 bits per heavy atom. The van der Waals surface area contributed by atoms with Gasteiger partial charge in [-0.15, -0.1) is 15.8 Å². The molecule has 7 heteroatoms. The minimum absolute atomic E-state index is 0.0757. The van der Waals surface area contributed by atoms with E-state index >= 15 is 0 Å². The number of aliphatic imine (C=N–C) groups is 2. The van der Waals surface area contributed by atoms with Gasteiger partial charge in [0.25, 0.3) is 0 Å². The second-order valence-corrected chi connectivity index (χ2v) is 13.9. The highest BCUT2D eigenvalue weighted by molar-refractivity contribution is 8.28. The maximum atomic E-state index is 13.5.